The zero-order chi connectivity index (χ0) is 12.0. The number of thioether (sulfide) groups is 1. The third-order valence-corrected chi connectivity index (χ3v) is 5.17. The standard InChI is InChI=1S/C12H21NO2S/c1-10(2,3)15-9(14)13-12(5-6-12)11(4)7-16-8-11/h5-8H2,1-4H3,(H,13,14). The van der Waals surface area contributed by atoms with Crippen LogP contribution in [0.25, 0.3) is 0 Å². The first-order chi connectivity index (χ1) is 7.27. The van der Waals surface area contributed by atoms with Crippen molar-refractivity contribution in [3.05, 3.63) is 0 Å². The largest absolute Gasteiger partial charge is 0.444 e. The van der Waals surface area contributed by atoms with E-state index in [2.05, 4.69) is 12.2 Å². The van der Waals surface area contributed by atoms with E-state index in [0.29, 0.717) is 0 Å². The van der Waals surface area contributed by atoms with E-state index in [1.54, 1.807) is 0 Å². The molecule has 1 N–H and O–H groups in total. The Labute approximate surface area is 102 Å². The van der Waals surface area contributed by atoms with Crippen molar-refractivity contribution in [2.24, 2.45) is 5.41 Å². The van der Waals surface area contributed by atoms with Crippen LogP contribution >= 0.6 is 11.8 Å². The molecule has 1 saturated heterocycles. The van der Waals surface area contributed by atoms with Crippen LogP contribution in [0.5, 0.6) is 0 Å². The molecule has 0 unspecified atom stereocenters. The van der Waals surface area contributed by atoms with E-state index in [1.807, 2.05) is 32.5 Å². The summed E-state index contributed by atoms with van der Waals surface area (Å²) in [6, 6.07) is 0. The Hall–Kier alpha value is -0.380. The van der Waals surface area contributed by atoms with Crippen LogP contribution in [-0.2, 0) is 4.74 Å². The Bertz CT molecular complexity index is 301. The molecule has 0 radical (unpaired) electrons. The minimum Gasteiger partial charge on any atom is -0.444 e. The van der Waals surface area contributed by atoms with Gasteiger partial charge in [0, 0.05) is 16.9 Å². The van der Waals surface area contributed by atoms with Gasteiger partial charge in [0.15, 0.2) is 0 Å². The van der Waals surface area contributed by atoms with Gasteiger partial charge in [-0.3, -0.25) is 0 Å². The predicted octanol–water partition coefficient (Wildman–Crippen LogP) is 2.80. The number of carbonyl (C=O) groups is 1. The minimum atomic E-state index is -0.407. The first-order valence-corrected chi connectivity index (χ1v) is 7.01. The fourth-order valence-corrected chi connectivity index (χ4v) is 3.56. The summed E-state index contributed by atoms with van der Waals surface area (Å²) < 4.78 is 5.32. The van der Waals surface area contributed by atoms with Crippen LogP contribution in [0.15, 0.2) is 0 Å². The summed E-state index contributed by atoms with van der Waals surface area (Å²) in [6.45, 7) is 7.96. The van der Waals surface area contributed by atoms with Crippen LogP contribution in [0, 0.1) is 5.41 Å². The van der Waals surface area contributed by atoms with E-state index < -0.39 is 5.60 Å². The van der Waals surface area contributed by atoms with Gasteiger partial charge in [-0.05, 0) is 33.6 Å². The van der Waals surface area contributed by atoms with Crippen molar-refractivity contribution in [1.29, 1.82) is 0 Å². The smallest absolute Gasteiger partial charge is 0.408 e. The zero-order valence-corrected chi connectivity index (χ0v) is 11.4. The molecule has 1 saturated carbocycles. The lowest BCUT2D eigenvalue weighted by molar-refractivity contribution is 0.0447. The van der Waals surface area contributed by atoms with E-state index in [9.17, 15) is 4.79 Å². The molecule has 1 heterocycles. The molecule has 16 heavy (non-hydrogen) atoms. The number of carbonyl (C=O) groups excluding carboxylic acids is 1. The van der Waals surface area contributed by atoms with Crippen LogP contribution in [0.2, 0.25) is 0 Å². The molecule has 2 rings (SSSR count). The molecular formula is C12H21NO2S. The quantitative estimate of drug-likeness (QED) is 0.810. The summed E-state index contributed by atoms with van der Waals surface area (Å²) in [7, 11) is 0. The van der Waals surface area contributed by atoms with E-state index in [-0.39, 0.29) is 17.0 Å². The number of rotatable bonds is 2. The lowest BCUT2D eigenvalue weighted by Crippen LogP contribution is -2.56. The van der Waals surface area contributed by atoms with Crippen molar-refractivity contribution in [1.82, 2.24) is 5.32 Å². The molecular weight excluding hydrogens is 222 g/mol. The monoisotopic (exact) mass is 243 g/mol. The molecule has 1 aliphatic carbocycles. The molecule has 92 valence electrons. The molecule has 0 atom stereocenters. The second kappa shape index (κ2) is 3.56. The summed E-state index contributed by atoms with van der Waals surface area (Å²) in [4.78, 5) is 11.8. The Morgan fingerprint density at radius 1 is 1.31 bits per heavy atom. The molecule has 4 heteroatoms. The van der Waals surface area contributed by atoms with Gasteiger partial charge in [-0.1, -0.05) is 6.92 Å². The Balaban J connectivity index is 1.92. The van der Waals surface area contributed by atoms with E-state index in [0.717, 1.165) is 24.3 Å². The lowest BCUT2D eigenvalue weighted by Gasteiger charge is -2.45. The fraction of sp³-hybridized carbons (Fsp3) is 0.917. The Morgan fingerprint density at radius 2 is 1.88 bits per heavy atom. The highest BCUT2D eigenvalue weighted by Gasteiger charge is 2.60. The summed E-state index contributed by atoms with van der Waals surface area (Å²) in [5.41, 5.74) is -0.0927. The molecule has 3 nitrogen and oxygen atoms in total. The van der Waals surface area contributed by atoms with Gasteiger partial charge in [-0.25, -0.2) is 4.79 Å². The van der Waals surface area contributed by atoms with Crippen LogP contribution in [0.4, 0.5) is 4.79 Å². The van der Waals surface area contributed by atoms with Gasteiger partial charge in [0.1, 0.15) is 5.60 Å². The van der Waals surface area contributed by atoms with Gasteiger partial charge in [-0.2, -0.15) is 11.8 Å². The highest BCUT2D eigenvalue weighted by atomic mass is 32.2. The average molecular weight is 243 g/mol. The van der Waals surface area contributed by atoms with Crippen LogP contribution in [-0.4, -0.2) is 28.7 Å². The normalized spacial score (nSPS) is 25.5. The van der Waals surface area contributed by atoms with Crippen molar-refractivity contribution in [2.75, 3.05) is 11.5 Å². The number of alkyl carbamates (subject to hydrolysis) is 1. The second-order valence-electron chi connectivity index (χ2n) is 6.26. The molecule has 0 aromatic rings. The molecule has 0 bridgehead atoms. The summed E-state index contributed by atoms with van der Waals surface area (Å²) in [5.74, 6) is 2.31. The third-order valence-electron chi connectivity index (χ3n) is 3.49. The summed E-state index contributed by atoms with van der Waals surface area (Å²) in [5, 5.41) is 3.09. The van der Waals surface area contributed by atoms with Gasteiger partial charge < -0.3 is 10.1 Å². The molecule has 1 amide bonds. The van der Waals surface area contributed by atoms with Gasteiger partial charge >= 0.3 is 6.09 Å². The van der Waals surface area contributed by atoms with Crippen LogP contribution < -0.4 is 5.32 Å². The molecule has 2 aliphatic rings. The highest BCUT2D eigenvalue weighted by molar-refractivity contribution is 8.00. The number of ether oxygens (including phenoxy) is 1. The molecule has 0 aromatic carbocycles. The van der Waals surface area contributed by atoms with Gasteiger partial charge in [0.2, 0.25) is 0 Å². The van der Waals surface area contributed by atoms with Crippen molar-refractivity contribution < 1.29 is 9.53 Å². The van der Waals surface area contributed by atoms with E-state index in [4.69, 9.17) is 4.74 Å². The number of nitrogens with one attached hydrogen (secondary N) is 1. The molecule has 1 aliphatic heterocycles. The molecule has 2 fully saturated rings. The third kappa shape index (κ3) is 2.17. The fourth-order valence-electron chi connectivity index (χ4n) is 2.19. The van der Waals surface area contributed by atoms with Crippen molar-refractivity contribution in [2.45, 2.75) is 51.7 Å². The van der Waals surface area contributed by atoms with Crippen molar-refractivity contribution >= 4 is 17.9 Å². The predicted molar refractivity (Wildman–Crippen MR) is 66.8 cm³/mol. The van der Waals surface area contributed by atoms with Crippen LogP contribution in [0.3, 0.4) is 0 Å². The molecule has 0 spiro atoms. The maximum absolute atomic E-state index is 11.8. The first-order valence-electron chi connectivity index (χ1n) is 5.85. The number of hydrogen-bond donors (Lipinski definition) is 1. The Kier molecular flexibility index (Phi) is 2.69. The minimum absolute atomic E-state index is 0.0284. The maximum Gasteiger partial charge on any atom is 0.408 e. The number of amides is 1. The van der Waals surface area contributed by atoms with Gasteiger partial charge in [0.25, 0.3) is 0 Å². The summed E-state index contributed by atoms with van der Waals surface area (Å²) in [6.07, 6.45) is 1.94. The van der Waals surface area contributed by atoms with Crippen molar-refractivity contribution in [3.63, 3.8) is 0 Å². The van der Waals surface area contributed by atoms with Gasteiger partial charge in [0.05, 0.1) is 5.54 Å². The highest BCUT2D eigenvalue weighted by Crippen LogP contribution is 2.57. The van der Waals surface area contributed by atoms with Gasteiger partial charge in [-0.15, -0.1) is 0 Å². The van der Waals surface area contributed by atoms with Crippen LogP contribution in [0.1, 0.15) is 40.5 Å². The average Bonchev–Trinajstić information content (AvgIpc) is 2.77. The molecule has 0 aromatic heterocycles. The van der Waals surface area contributed by atoms with E-state index in [1.165, 1.54) is 0 Å². The Morgan fingerprint density at radius 3 is 2.19 bits per heavy atom. The van der Waals surface area contributed by atoms with Crippen molar-refractivity contribution in [3.8, 4) is 0 Å². The van der Waals surface area contributed by atoms with E-state index >= 15 is 0 Å². The SMILES string of the molecule is CC(C)(C)OC(=O)NC1(C2(C)CSC2)CC1. The zero-order valence-electron chi connectivity index (χ0n) is 10.6. The lowest BCUT2D eigenvalue weighted by atomic mass is 9.82. The number of hydrogen-bond acceptors (Lipinski definition) is 3. The summed E-state index contributed by atoms with van der Waals surface area (Å²) >= 11 is 1.96. The first kappa shape index (κ1) is 12.1. The maximum atomic E-state index is 11.8. The topological polar surface area (TPSA) is 38.3 Å². The second-order valence-corrected chi connectivity index (χ2v) is 7.25.